The molecule has 1 aromatic rings. The fourth-order valence-corrected chi connectivity index (χ4v) is 3.39. The highest BCUT2D eigenvalue weighted by Gasteiger charge is 2.40. The van der Waals surface area contributed by atoms with Gasteiger partial charge in [-0.2, -0.15) is 0 Å². The lowest BCUT2D eigenvalue weighted by Crippen LogP contribution is -2.56. The molecule has 2 N–H and O–H groups in total. The second kappa shape index (κ2) is 4.80. The van der Waals surface area contributed by atoms with Crippen LogP contribution < -0.4 is 10.6 Å². The van der Waals surface area contributed by atoms with Gasteiger partial charge in [0.1, 0.15) is 0 Å². The Hall–Kier alpha value is -1.06. The first-order valence-corrected chi connectivity index (χ1v) is 7.37. The van der Waals surface area contributed by atoms with Crippen LogP contribution in [0.3, 0.4) is 0 Å². The Labute approximate surface area is 118 Å². The molecule has 3 rings (SSSR count). The number of rotatable bonds is 1. The minimum atomic E-state index is -0.665. The zero-order valence-corrected chi connectivity index (χ0v) is 11.7. The highest BCUT2D eigenvalue weighted by atomic mass is 35.5. The van der Waals surface area contributed by atoms with Crippen LogP contribution in [0.2, 0.25) is 5.02 Å². The molecule has 1 fully saturated rings. The average molecular weight is 279 g/mol. The third kappa shape index (κ3) is 2.26. The van der Waals surface area contributed by atoms with Crippen LogP contribution in [0.4, 0.5) is 5.69 Å². The van der Waals surface area contributed by atoms with Crippen molar-refractivity contribution >= 4 is 23.2 Å². The van der Waals surface area contributed by atoms with E-state index in [4.69, 9.17) is 17.3 Å². The van der Waals surface area contributed by atoms with Crippen molar-refractivity contribution in [2.75, 3.05) is 11.4 Å². The molecule has 0 radical (unpaired) electrons. The van der Waals surface area contributed by atoms with Crippen LogP contribution in [-0.4, -0.2) is 18.0 Å². The standard InChI is InChI=1S/C15H19ClN2O/c16-12-5-4-11-6-9-18(13(11)10-12)14(19)15(17)7-2-1-3-8-15/h4-5,10H,1-3,6-9,17H2. The molecular formula is C15H19ClN2O. The molecule has 102 valence electrons. The molecule has 19 heavy (non-hydrogen) atoms. The van der Waals surface area contributed by atoms with Gasteiger partial charge in [-0.3, -0.25) is 4.79 Å². The second-order valence-corrected chi connectivity index (χ2v) is 6.13. The number of fused-ring (bicyclic) bond motifs is 1. The van der Waals surface area contributed by atoms with Crippen molar-refractivity contribution in [1.82, 2.24) is 0 Å². The van der Waals surface area contributed by atoms with Crippen molar-refractivity contribution in [3.8, 4) is 0 Å². The van der Waals surface area contributed by atoms with Gasteiger partial charge in [0.15, 0.2) is 0 Å². The number of carbonyl (C=O) groups excluding carboxylic acids is 1. The van der Waals surface area contributed by atoms with Gasteiger partial charge in [0.25, 0.3) is 0 Å². The minimum Gasteiger partial charge on any atom is -0.317 e. The summed E-state index contributed by atoms with van der Waals surface area (Å²) in [5.74, 6) is 0.0771. The highest BCUT2D eigenvalue weighted by Crippen LogP contribution is 2.35. The first kappa shape index (κ1) is 12.9. The third-order valence-electron chi connectivity index (χ3n) is 4.36. The molecule has 1 saturated carbocycles. The molecule has 1 aliphatic heterocycles. The Balaban J connectivity index is 1.88. The predicted octanol–water partition coefficient (Wildman–Crippen LogP) is 2.89. The lowest BCUT2D eigenvalue weighted by Gasteiger charge is -2.35. The maximum Gasteiger partial charge on any atom is 0.247 e. The summed E-state index contributed by atoms with van der Waals surface area (Å²) in [5.41, 5.74) is 7.83. The molecule has 3 nitrogen and oxygen atoms in total. The Morgan fingerprint density at radius 2 is 2.00 bits per heavy atom. The van der Waals surface area contributed by atoms with E-state index in [2.05, 4.69) is 0 Å². The van der Waals surface area contributed by atoms with E-state index in [1.807, 2.05) is 23.1 Å². The number of benzene rings is 1. The SMILES string of the molecule is NC1(C(=O)N2CCc3ccc(Cl)cc32)CCCCC1. The van der Waals surface area contributed by atoms with Crippen LogP contribution in [0, 0.1) is 0 Å². The van der Waals surface area contributed by atoms with E-state index >= 15 is 0 Å². The number of hydrogen-bond acceptors (Lipinski definition) is 2. The average Bonchev–Trinajstić information content (AvgIpc) is 2.81. The van der Waals surface area contributed by atoms with E-state index in [-0.39, 0.29) is 5.91 Å². The Morgan fingerprint density at radius 1 is 1.26 bits per heavy atom. The summed E-state index contributed by atoms with van der Waals surface area (Å²) in [4.78, 5) is 14.6. The molecule has 1 aliphatic carbocycles. The van der Waals surface area contributed by atoms with Crippen LogP contribution in [0.15, 0.2) is 18.2 Å². The Morgan fingerprint density at radius 3 is 2.74 bits per heavy atom. The molecule has 0 atom stereocenters. The fraction of sp³-hybridized carbons (Fsp3) is 0.533. The van der Waals surface area contributed by atoms with E-state index in [1.54, 1.807) is 0 Å². The molecule has 4 heteroatoms. The lowest BCUT2D eigenvalue weighted by atomic mass is 9.81. The number of amides is 1. The summed E-state index contributed by atoms with van der Waals surface area (Å²) in [6, 6.07) is 5.77. The van der Waals surface area contributed by atoms with E-state index < -0.39 is 5.54 Å². The largest absolute Gasteiger partial charge is 0.317 e. The highest BCUT2D eigenvalue weighted by molar-refractivity contribution is 6.31. The minimum absolute atomic E-state index is 0.0771. The zero-order valence-electron chi connectivity index (χ0n) is 11.0. The van der Waals surface area contributed by atoms with E-state index in [0.717, 1.165) is 44.3 Å². The molecule has 1 heterocycles. The van der Waals surface area contributed by atoms with Gasteiger partial charge in [-0.25, -0.2) is 0 Å². The molecule has 1 aromatic carbocycles. The van der Waals surface area contributed by atoms with Gasteiger partial charge >= 0.3 is 0 Å². The number of hydrogen-bond donors (Lipinski definition) is 1. The van der Waals surface area contributed by atoms with Crippen LogP contribution in [0.5, 0.6) is 0 Å². The molecule has 0 saturated heterocycles. The van der Waals surface area contributed by atoms with E-state index in [9.17, 15) is 4.79 Å². The first-order valence-electron chi connectivity index (χ1n) is 6.99. The smallest absolute Gasteiger partial charge is 0.247 e. The van der Waals surface area contributed by atoms with Gasteiger partial charge in [-0.1, -0.05) is 36.9 Å². The number of nitrogens with zero attached hydrogens (tertiary/aromatic N) is 1. The summed E-state index contributed by atoms with van der Waals surface area (Å²) < 4.78 is 0. The number of halogens is 1. The first-order chi connectivity index (χ1) is 9.10. The van der Waals surface area contributed by atoms with Gasteiger partial charge < -0.3 is 10.6 Å². The summed E-state index contributed by atoms with van der Waals surface area (Å²) in [7, 11) is 0. The van der Waals surface area contributed by atoms with Gasteiger partial charge in [0.2, 0.25) is 5.91 Å². The van der Waals surface area contributed by atoms with Crippen molar-refractivity contribution in [2.45, 2.75) is 44.1 Å². The van der Waals surface area contributed by atoms with Gasteiger partial charge in [-0.15, -0.1) is 0 Å². The van der Waals surface area contributed by atoms with Crippen LogP contribution >= 0.6 is 11.6 Å². The number of nitrogens with two attached hydrogens (primary N) is 1. The maximum atomic E-state index is 12.8. The fourth-order valence-electron chi connectivity index (χ4n) is 3.23. The molecule has 2 aliphatic rings. The number of carbonyl (C=O) groups is 1. The third-order valence-corrected chi connectivity index (χ3v) is 4.59. The van der Waals surface area contributed by atoms with Gasteiger partial charge in [0, 0.05) is 17.3 Å². The quantitative estimate of drug-likeness (QED) is 0.859. The number of anilines is 1. The lowest BCUT2D eigenvalue weighted by molar-refractivity contribution is -0.124. The summed E-state index contributed by atoms with van der Waals surface area (Å²) in [6.07, 6.45) is 5.80. The zero-order chi connectivity index (χ0) is 13.5. The van der Waals surface area contributed by atoms with Gasteiger partial charge in [-0.05, 0) is 37.0 Å². The second-order valence-electron chi connectivity index (χ2n) is 5.70. The molecule has 0 bridgehead atoms. The van der Waals surface area contributed by atoms with Crippen LogP contribution in [0.1, 0.15) is 37.7 Å². The predicted molar refractivity (Wildman–Crippen MR) is 77.5 cm³/mol. The maximum absolute atomic E-state index is 12.8. The monoisotopic (exact) mass is 278 g/mol. The van der Waals surface area contributed by atoms with Crippen molar-refractivity contribution in [3.63, 3.8) is 0 Å². The molecule has 0 spiro atoms. The normalized spacial score (nSPS) is 21.3. The Kier molecular flexibility index (Phi) is 3.27. The van der Waals surface area contributed by atoms with Crippen molar-refractivity contribution in [3.05, 3.63) is 28.8 Å². The van der Waals surface area contributed by atoms with E-state index in [1.165, 1.54) is 12.0 Å². The summed E-state index contributed by atoms with van der Waals surface area (Å²) in [6.45, 7) is 0.730. The Bertz CT molecular complexity index is 509. The van der Waals surface area contributed by atoms with E-state index in [0.29, 0.717) is 5.02 Å². The summed E-state index contributed by atoms with van der Waals surface area (Å²) >= 11 is 6.04. The van der Waals surface area contributed by atoms with Gasteiger partial charge in [0.05, 0.1) is 5.54 Å². The molecule has 0 unspecified atom stereocenters. The van der Waals surface area contributed by atoms with Crippen LogP contribution in [0.25, 0.3) is 0 Å². The topological polar surface area (TPSA) is 46.3 Å². The van der Waals surface area contributed by atoms with Crippen molar-refractivity contribution in [1.29, 1.82) is 0 Å². The molecule has 1 amide bonds. The van der Waals surface area contributed by atoms with Crippen molar-refractivity contribution in [2.24, 2.45) is 5.73 Å². The van der Waals surface area contributed by atoms with Crippen LogP contribution in [-0.2, 0) is 11.2 Å². The summed E-state index contributed by atoms with van der Waals surface area (Å²) in [5, 5.41) is 0.674. The molecular weight excluding hydrogens is 260 g/mol. The van der Waals surface area contributed by atoms with Crippen molar-refractivity contribution < 1.29 is 4.79 Å². The molecule has 0 aromatic heterocycles.